The van der Waals surface area contributed by atoms with E-state index in [1.807, 2.05) is 25.4 Å². The zero-order chi connectivity index (χ0) is 13.2. The number of aromatic nitrogens is 1. The molecule has 6 heteroatoms. The van der Waals surface area contributed by atoms with Crippen molar-refractivity contribution in [3.05, 3.63) is 27.7 Å². The number of ether oxygens (including phenoxy) is 2. The maximum Gasteiger partial charge on any atom is 0.175 e. The number of nitrogens with zero attached hydrogens (tertiary/aromatic N) is 1. The normalized spacial score (nSPS) is 13.6. The van der Waals surface area contributed by atoms with Gasteiger partial charge in [-0.25, -0.2) is 4.98 Å². The smallest absolute Gasteiger partial charge is 0.175 e. The molecule has 0 spiro atoms. The third kappa shape index (κ3) is 2.61. The summed E-state index contributed by atoms with van der Waals surface area (Å²) < 4.78 is 12.1. The average Bonchev–Trinajstić information content (AvgIpc) is 2.88. The van der Waals surface area contributed by atoms with Crippen molar-refractivity contribution in [3.8, 4) is 22.1 Å². The summed E-state index contributed by atoms with van der Waals surface area (Å²) in [6, 6.07) is 4.01. The Bertz CT molecular complexity index is 600. The lowest BCUT2D eigenvalue weighted by Gasteiger charge is -2.20. The summed E-state index contributed by atoms with van der Waals surface area (Å²) in [7, 11) is 1.93. The highest BCUT2D eigenvalue weighted by Crippen LogP contribution is 2.41. The fourth-order valence-electron chi connectivity index (χ4n) is 1.93. The van der Waals surface area contributed by atoms with Crippen LogP contribution in [0.25, 0.3) is 10.6 Å². The summed E-state index contributed by atoms with van der Waals surface area (Å²) >= 11 is 5.21. The molecular formula is C13H13BrN2O2S. The Morgan fingerprint density at radius 2 is 2.21 bits per heavy atom. The molecule has 2 aromatic rings. The van der Waals surface area contributed by atoms with Gasteiger partial charge in [0.15, 0.2) is 11.5 Å². The van der Waals surface area contributed by atoms with Gasteiger partial charge in [-0.3, -0.25) is 0 Å². The van der Waals surface area contributed by atoms with Gasteiger partial charge in [-0.2, -0.15) is 0 Å². The summed E-state index contributed by atoms with van der Waals surface area (Å²) in [6.45, 7) is 2.02. The zero-order valence-electron chi connectivity index (χ0n) is 10.4. The van der Waals surface area contributed by atoms with Crippen LogP contribution in [0.5, 0.6) is 11.5 Å². The van der Waals surface area contributed by atoms with Crippen molar-refractivity contribution in [2.75, 3.05) is 20.3 Å². The maximum atomic E-state index is 5.63. The Hall–Kier alpha value is -1.11. The van der Waals surface area contributed by atoms with Crippen LogP contribution in [0.1, 0.15) is 4.88 Å². The predicted molar refractivity (Wildman–Crippen MR) is 79.0 cm³/mol. The minimum absolute atomic E-state index is 0.589. The summed E-state index contributed by atoms with van der Waals surface area (Å²) in [5, 5.41) is 4.12. The molecule has 1 aliphatic rings. The standard InChI is InChI=1S/C13H13BrN2O2S/c1-15-6-9-7-16-13(19-9)8-4-10(14)12-11(5-8)17-2-3-18-12/h4-5,7,15H,2-3,6H2,1H3. The fraction of sp³-hybridized carbons (Fsp3) is 0.308. The van der Waals surface area contributed by atoms with Gasteiger partial charge >= 0.3 is 0 Å². The molecule has 2 heterocycles. The van der Waals surface area contributed by atoms with Crippen LogP contribution in [0.2, 0.25) is 0 Å². The first-order chi connectivity index (χ1) is 9.28. The number of hydrogen-bond donors (Lipinski definition) is 1. The van der Waals surface area contributed by atoms with Gasteiger partial charge in [-0.1, -0.05) is 0 Å². The molecule has 0 aliphatic carbocycles. The Morgan fingerprint density at radius 3 is 3.05 bits per heavy atom. The number of hydrogen-bond acceptors (Lipinski definition) is 5. The number of rotatable bonds is 3. The third-order valence-corrected chi connectivity index (χ3v) is 4.38. The summed E-state index contributed by atoms with van der Waals surface area (Å²) in [5.41, 5.74) is 1.04. The van der Waals surface area contributed by atoms with Crippen molar-refractivity contribution >= 4 is 27.3 Å². The number of halogens is 1. The van der Waals surface area contributed by atoms with E-state index in [1.165, 1.54) is 4.88 Å². The van der Waals surface area contributed by atoms with E-state index in [9.17, 15) is 0 Å². The highest BCUT2D eigenvalue weighted by atomic mass is 79.9. The lowest BCUT2D eigenvalue weighted by molar-refractivity contribution is 0.170. The van der Waals surface area contributed by atoms with Gasteiger partial charge in [0.2, 0.25) is 0 Å². The van der Waals surface area contributed by atoms with Crippen LogP contribution < -0.4 is 14.8 Å². The summed E-state index contributed by atoms with van der Waals surface area (Å²) in [4.78, 5) is 5.67. The van der Waals surface area contributed by atoms with Gasteiger partial charge in [0, 0.05) is 23.2 Å². The van der Waals surface area contributed by atoms with Gasteiger partial charge < -0.3 is 14.8 Å². The Balaban J connectivity index is 1.97. The van der Waals surface area contributed by atoms with Gasteiger partial charge in [-0.05, 0) is 35.1 Å². The number of benzene rings is 1. The van der Waals surface area contributed by atoms with E-state index in [0.29, 0.717) is 13.2 Å². The van der Waals surface area contributed by atoms with Gasteiger partial charge in [0.1, 0.15) is 18.2 Å². The van der Waals surface area contributed by atoms with E-state index >= 15 is 0 Å². The topological polar surface area (TPSA) is 43.4 Å². The first-order valence-electron chi connectivity index (χ1n) is 5.97. The van der Waals surface area contributed by atoms with Gasteiger partial charge in [0.25, 0.3) is 0 Å². The van der Waals surface area contributed by atoms with Crippen LogP contribution in [-0.4, -0.2) is 25.2 Å². The van der Waals surface area contributed by atoms with Crippen molar-refractivity contribution in [1.82, 2.24) is 10.3 Å². The van der Waals surface area contributed by atoms with Crippen molar-refractivity contribution in [2.24, 2.45) is 0 Å². The molecule has 19 heavy (non-hydrogen) atoms. The minimum Gasteiger partial charge on any atom is -0.486 e. The van der Waals surface area contributed by atoms with E-state index in [0.717, 1.165) is 33.1 Å². The van der Waals surface area contributed by atoms with Crippen LogP contribution in [0.4, 0.5) is 0 Å². The van der Waals surface area contributed by atoms with E-state index in [1.54, 1.807) is 11.3 Å². The molecule has 0 unspecified atom stereocenters. The van der Waals surface area contributed by atoms with Crippen molar-refractivity contribution in [1.29, 1.82) is 0 Å². The van der Waals surface area contributed by atoms with E-state index in [-0.39, 0.29) is 0 Å². The molecule has 4 nitrogen and oxygen atoms in total. The third-order valence-electron chi connectivity index (χ3n) is 2.75. The van der Waals surface area contributed by atoms with Crippen molar-refractivity contribution < 1.29 is 9.47 Å². The molecule has 0 bridgehead atoms. The Kier molecular flexibility index (Phi) is 3.72. The minimum atomic E-state index is 0.589. The molecule has 0 saturated carbocycles. The van der Waals surface area contributed by atoms with E-state index in [2.05, 4.69) is 26.2 Å². The van der Waals surface area contributed by atoms with Crippen LogP contribution in [0.3, 0.4) is 0 Å². The molecule has 0 radical (unpaired) electrons. The second-order valence-corrected chi connectivity index (χ2v) is 6.11. The average molecular weight is 341 g/mol. The second kappa shape index (κ2) is 5.48. The molecule has 100 valence electrons. The SMILES string of the molecule is CNCc1cnc(-c2cc(Br)c3c(c2)OCCO3)s1. The Morgan fingerprint density at radius 1 is 1.37 bits per heavy atom. The van der Waals surface area contributed by atoms with Gasteiger partial charge in [0.05, 0.1) is 4.47 Å². The molecule has 3 rings (SSSR count). The lowest BCUT2D eigenvalue weighted by atomic mass is 10.2. The summed E-state index contributed by atoms with van der Waals surface area (Å²) in [6.07, 6.45) is 1.90. The first-order valence-corrected chi connectivity index (χ1v) is 7.57. The second-order valence-electron chi connectivity index (χ2n) is 4.14. The number of fused-ring (bicyclic) bond motifs is 1. The maximum absolute atomic E-state index is 5.63. The van der Waals surface area contributed by atoms with E-state index < -0.39 is 0 Å². The molecule has 0 atom stereocenters. The molecule has 1 aromatic carbocycles. The highest BCUT2D eigenvalue weighted by molar-refractivity contribution is 9.10. The molecule has 1 aliphatic heterocycles. The summed E-state index contributed by atoms with van der Waals surface area (Å²) in [5.74, 6) is 1.56. The molecule has 0 saturated heterocycles. The van der Waals surface area contributed by atoms with Crippen LogP contribution in [0.15, 0.2) is 22.8 Å². The number of thiazole rings is 1. The predicted octanol–water partition coefficient (Wildman–Crippen LogP) is 3.06. The molecular weight excluding hydrogens is 328 g/mol. The molecule has 0 amide bonds. The van der Waals surface area contributed by atoms with E-state index in [4.69, 9.17) is 9.47 Å². The first kappa shape index (κ1) is 12.9. The van der Waals surface area contributed by atoms with Crippen LogP contribution in [0, 0.1) is 0 Å². The molecule has 1 aromatic heterocycles. The largest absolute Gasteiger partial charge is 0.486 e. The van der Waals surface area contributed by atoms with Gasteiger partial charge in [-0.15, -0.1) is 11.3 Å². The monoisotopic (exact) mass is 340 g/mol. The lowest BCUT2D eigenvalue weighted by Crippen LogP contribution is -2.15. The van der Waals surface area contributed by atoms with Crippen LogP contribution >= 0.6 is 27.3 Å². The molecule has 0 fully saturated rings. The van der Waals surface area contributed by atoms with Crippen LogP contribution in [-0.2, 0) is 6.54 Å². The zero-order valence-corrected chi connectivity index (χ0v) is 12.8. The Labute approximate surface area is 123 Å². The van der Waals surface area contributed by atoms with Crippen molar-refractivity contribution in [3.63, 3.8) is 0 Å². The highest BCUT2D eigenvalue weighted by Gasteiger charge is 2.18. The molecule has 1 N–H and O–H groups in total. The number of nitrogens with one attached hydrogen (secondary N) is 1. The van der Waals surface area contributed by atoms with Crippen molar-refractivity contribution in [2.45, 2.75) is 6.54 Å². The quantitative estimate of drug-likeness (QED) is 0.932. The fourth-order valence-corrected chi connectivity index (χ4v) is 3.40.